The summed E-state index contributed by atoms with van der Waals surface area (Å²) in [6.45, 7) is 1.95. The summed E-state index contributed by atoms with van der Waals surface area (Å²) in [5, 5.41) is 11.3. The topological polar surface area (TPSA) is 33.4 Å². The van der Waals surface area contributed by atoms with Crippen LogP contribution in [0.4, 0.5) is 4.39 Å². The summed E-state index contributed by atoms with van der Waals surface area (Å²) < 4.78 is 19.3. The van der Waals surface area contributed by atoms with Crippen molar-refractivity contribution in [3.05, 3.63) is 69.6 Å². The van der Waals surface area contributed by atoms with Crippen molar-refractivity contribution in [3.8, 4) is 0 Å². The number of aryl methyl sites for hydroxylation is 1. The lowest BCUT2D eigenvalue weighted by molar-refractivity contribution is 0.192. The van der Waals surface area contributed by atoms with E-state index in [-0.39, 0.29) is 5.82 Å². The van der Waals surface area contributed by atoms with Gasteiger partial charge in [-0.2, -0.15) is 0 Å². The first-order chi connectivity index (χ1) is 9.56. The van der Waals surface area contributed by atoms with Crippen molar-refractivity contribution in [3.63, 3.8) is 0 Å². The lowest BCUT2D eigenvalue weighted by Gasteiger charge is -2.08. The molecule has 3 aromatic rings. The second-order valence-electron chi connectivity index (χ2n) is 4.72. The molecule has 3 rings (SSSR count). The van der Waals surface area contributed by atoms with E-state index < -0.39 is 6.10 Å². The van der Waals surface area contributed by atoms with E-state index in [1.54, 1.807) is 12.1 Å². The maximum absolute atomic E-state index is 13.2. The van der Waals surface area contributed by atoms with Crippen LogP contribution in [0.3, 0.4) is 0 Å². The molecule has 0 fully saturated rings. The number of para-hydroxylation sites is 1. The van der Waals surface area contributed by atoms with Gasteiger partial charge in [-0.15, -0.1) is 0 Å². The lowest BCUT2D eigenvalue weighted by Crippen LogP contribution is -1.98. The van der Waals surface area contributed by atoms with Gasteiger partial charge in [0.25, 0.3) is 0 Å². The summed E-state index contributed by atoms with van der Waals surface area (Å²) in [6, 6.07) is 12.1. The van der Waals surface area contributed by atoms with Gasteiger partial charge in [0.05, 0.1) is 4.47 Å². The standard InChI is InChI=1S/C16H12BrFO2/c1-9-3-2-4-11-8-14(20-16(9)11)15(19)10-5-6-13(18)12(17)7-10/h2-8,15,19H,1H3. The molecule has 0 aliphatic rings. The molecule has 0 saturated carbocycles. The highest BCUT2D eigenvalue weighted by Crippen LogP contribution is 2.31. The molecule has 0 spiro atoms. The fourth-order valence-corrected chi connectivity index (χ4v) is 2.61. The zero-order chi connectivity index (χ0) is 14.3. The summed E-state index contributed by atoms with van der Waals surface area (Å²) >= 11 is 3.12. The van der Waals surface area contributed by atoms with Crippen LogP contribution in [0.15, 0.2) is 51.4 Å². The number of aliphatic hydroxyl groups is 1. The molecule has 1 N–H and O–H groups in total. The number of aliphatic hydroxyl groups excluding tert-OH is 1. The minimum atomic E-state index is -0.918. The first-order valence-electron chi connectivity index (χ1n) is 6.18. The van der Waals surface area contributed by atoms with Crippen LogP contribution >= 0.6 is 15.9 Å². The quantitative estimate of drug-likeness (QED) is 0.735. The third-order valence-electron chi connectivity index (χ3n) is 3.29. The average molecular weight is 335 g/mol. The van der Waals surface area contributed by atoms with Gasteiger partial charge in [-0.05, 0) is 52.2 Å². The van der Waals surface area contributed by atoms with Crippen molar-refractivity contribution in [2.75, 3.05) is 0 Å². The largest absolute Gasteiger partial charge is 0.458 e. The smallest absolute Gasteiger partial charge is 0.138 e. The molecule has 1 atom stereocenters. The van der Waals surface area contributed by atoms with Crippen LogP contribution in [0.5, 0.6) is 0 Å². The summed E-state index contributed by atoms with van der Waals surface area (Å²) in [6.07, 6.45) is -0.918. The zero-order valence-electron chi connectivity index (χ0n) is 10.7. The minimum Gasteiger partial charge on any atom is -0.458 e. The molecule has 1 unspecified atom stereocenters. The van der Waals surface area contributed by atoms with E-state index in [9.17, 15) is 9.50 Å². The Morgan fingerprint density at radius 1 is 1.20 bits per heavy atom. The number of hydrogen-bond donors (Lipinski definition) is 1. The van der Waals surface area contributed by atoms with Crippen molar-refractivity contribution in [2.45, 2.75) is 13.0 Å². The van der Waals surface area contributed by atoms with Gasteiger partial charge < -0.3 is 9.52 Å². The maximum Gasteiger partial charge on any atom is 0.138 e. The van der Waals surface area contributed by atoms with Crippen molar-refractivity contribution < 1.29 is 13.9 Å². The monoisotopic (exact) mass is 334 g/mol. The highest BCUT2D eigenvalue weighted by Gasteiger charge is 2.17. The lowest BCUT2D eigenvalue weighted by atomic mass is 10.1. The Morgan fingerprint density at radius 3 is 2.70 bits per heavy atom. The van der Waals surface area contributed by atoms with Gasteiger partial charge in [0.15, 0.2) is 0 Å². The Morgan fingerprint density at radius 2 is 2.00 bits per heavy atom. The first-order valence-corrected chi connectivity index (χ1v) is 6.97. The molecule has 1 heterocycles. The SMILES string of the molecule is Cc1cccc2cc(C(O)c3ccc(F)c(Br)c3)oc12. The van der Waals surface area contributed by atoms with E-state index >= 15 is 0 Å². The zero-order valence-corrected chi connectivity index (χ0v) is 12.3. The van der Waals surface area contributed by atoms with E-state index in [1.165, 1.54) is 6.07 Å². The van der Waals surface area contributed by atoms with Crippen molar-refractivity contribution in [1.29, 1.82) is 0 Å². The molecule has 0 radical (unpaired) electrons. The Hall–Kier alpha value is -1.65. The van der Waals surface area contributed by atoms with Crippen LogP contribution in [0, 0.1) is 12.7 Å². The number of hydrogen-bond acceptors (Lipinski definition) is 2. The Kier molecular flexibility index (Phi) is 3.36. The summed E-state index contributed by atoms with van der Waals surface area (Å²) in [5.74, 6) is 0.0919. The molecular weight excluding hydrogens is 323 g/mol. The fourth-order valence-electron chi connectivity index (χ4n) is 2.21. The van der Waals surface area contributed by atoms with Crippen molar-refractivity contribution in [2.24, 2.45) is 0 Å². The van der Waals surface area contributed by atoms with Gasteiger partial charge in [0.2, 0.25) is 0 Å². The van der Waals surface area contributed by atoms with Gasteiger partial charge in [0, 0.05) is 5.39 Å². The molecule has 20 heavy (non-hydrogen) atoms. The van der Waals surface area contributed by atoms with Crippen LogP contribution in [0.2, 0.25) is 0 Å². The van der Waals surface area contributed by atoms with Gasteiger partial charge in [-0.1, -0.05) is 24.3 Å². The van der Waals surface area contributed by atoms with Crippen LogP contribution in [-0.4, -0.2) is 5.11 Å². The van der Waals surface area contributed by atoms with Crippen LogP contribution in [0.1, 0.15) is 23.0 Å². The molecule has 0 amide bonds. The highest BCUT2D eigenvalue weighted by atomic mass is 79.9. The molecule has 102 valence electrons. The number of fused-ring (bicyclic) bond motifs is 1. The number of halogens is 2. The highest BCUT2D eigenvalue weighted by molar-refractivity contribution is 9.10. The van der Waals surface area contributed by atoms with E-state index in [0.717, 1.165) is 16.5 Å². The van der Waals surface area contributed by atoms with Crippen molar-refractivity contribution in [1.82, 2.24) is 0 Å². The average Bonchev–Trinajstić information content (AvgIpc) is 2.86. The first kappa shape index (κ1) is 13.3. The van der Waals surface area contributed by atoms with Crippen molar-refractivity contribution >= 4 is 26.9 Å². The summed E-state index contributed by atoms with van der Waals surface area (Å²) in [5.41, 5.74) is 2.36. The molecule has 4 heteroatoms. The van der Waals surface area contributed by atoms with Crippen LogP contribution in [0.25, 0.3) is 11.0 Å². The second kappa shape index (κ2) is 5.04. The predicted octanol–water partition coefficient (Wildman–Crippen LogP) is 4.72. The maximum atomic E-state index is 13.2. The van der Waals surface area contributed by atoms with Crippen LogP contribution in [-0.2, 0) is 0 Å². The molecule has 0 saturated heterocycles. The third-order valence-corrected chi connectivity index (χ3v) is 3.90. The van der Waals surface area contributed by atoms with E-state index in [0.29, 0.717) is 15.8 Å². The molecule has 0 bridgehead atoms. The second-order valence-corrected chi connectivity index (χ2v) is 5.57. The third kappa shape index (κ3) is 2.25. The molecule has 2 aromatic carbocycles. The molecule has 0 aliphatic heterocycles. The Labute approximate surface area is 124 Å². The summed E-state index contributed by atoms with van der Waals surface area (Å²) in [4.78, 5) is 0. The van der Waals surface area contributed by atoms with E-state index in [2.05, 4.69) is 15.9 Å². The summed E-state index contributed by atoms with van der Waals surface area (Å²) in [7, 11) is 0. The Balaban J connectivity index is 2.05. The number of rotatable bonds is 2. The minimum absolute atomic E-state index is 0.321. The van der Waals surface area contributed by atoms with E-state index in [4.69, 9.17) is 4.42 Å². The number of furan rings is 1. The van der Waals surface area contributed by atoms with Crippen LogP contribution < -0.4 is 0 Å². The molecule has 0 aliphatic carbocycles. The normalized spacial score (nSPS) is 12.8. The molecule has 1 aromatic heterocycles. The predicted molar refractivity (Wildman–Crippen MR) is 79.1 cm³/mol. The van der Waals surface area contributed by atoms with Gasteiger partial charge >= 0.3 is 0 Å². The van der Waals surface area contributed by atoms with Gasteiger partial charge in [-0.3, -0.25) is 0 Å². The van der Waals surface area contributed by atoms with Gasteiger partial charge in [-0.25, -0.2) is 4.39 Å². The number of benzene rings is 2. The Bertz CT molecular complexity index is 779. The fraction of sp³-hybridized carbons (Fsp3) is 0.125. The van der Waals surface area contributed by atoms with E-state index in [1.807, 2.05) is 31.2 Å². The molecular formula is C16H12BrFO2. The van der Waals surface area contributed by atoms with Gasteiger partial charge in [0.1, 0.15) is 23.3 Å². The molecule has 2 nitrogen and oxygen atoms in total.